The number of carbonyl (C=O) groups is 4. The molecule has 0 saturated carbocycles. The summed E-state index contributed by atoms with van der Waals surface area (Å²) in [4.78, 5) is 72.9. The molecule has 574 valence electrons. The zero-order chi connectivity index (χ0) is 71.8. The summed E-state index contributed by atoms with van der Waals surface area (Å²) >= 11 is 0. The first-order valence-electron chi connectivity index (χ1n) is 39.9. The molecule has 98 heavy (non-hydrogen) atoms. The Morgan fingerprint density at radius 2 is 0.520 bits per heavy atom. The third-order valence-electron chi connectivity index (χ3n) is 17.3. The van der Waals surface area contributed by atoms with Gasteiger partial charge in [0, 0.05) is 25.7 Å². The van der Waals surface area contributed by atoms with Gasteiger partial charge in [-0.3, -0.25) is 37.3 Å². The highest BCUT2D eigenvalue weighted by Crippen LogP contribution is 2.45. The van der Waals surface area contributed by atoms with E-state index in [0.29, 0.717) is 25.7 Å². The van der Waals surface area contributed by atoms with Crippen LogP contribution in [-0.4, -0.2) is 96.7 Å². The van der Waals surface area contributed by atoms with Crippen molar-refractivity contribution in [3.8, 4) is 0 Å². The standard InChI is InChI=1S/C79H146O17P2/c1-5-9-13-17-21-25-29-33-36-40-43-47-51-55-59-63-76(81)89-69-74(95-78(83)65-61-57-53-49-45-39-32-28-24-20-16-12-8-4)71-93-97(85,86)91-67-73(80)68-92-98(87,88)94-72-75(96-79(84)66-62-58-54-50-46-42-38-35-31-27-23-19-15-11-7-3)70-90-77(82)64-60-56-52-48-44-41-37-34-30-26-22-18-14-10-6-2/h16,20,22,26,28,32,34,37,73-75,80H,5-15,17-19,21,23-25,27,29-31,33,35-36,38-72H2,1-4H3,(H,85,86)(H,87,88)/b20-16-,26-22-,32-28-,37-34-. The lowest BCUT2D eigenvalue weighted by atomic mass is 10.0. The van der Waals surface area contributed by atoms with Crippen LogP contribution in [0.2, 0.25) is 0 Å². The van der Waals surface area contributed by atoms with Gasteiger partial charge in [-0.15, -0.1) is 0 Å². The normalized spacial score (nSPS) is 14.2. The van der Waals surface area contributed by atoms with Crippen LogP contribution in [0.15, 0.2) is 48.6 Å². The van der Waals surface area contributed by atoms with Crippen LogP contribution in [-0.2, 0) is 65.4 Å². The fourth-order valence-corrected chi connectivity index (χ4v) is 12.8. The van der Waals surface area contributed by atoms with Crippen LogP contribution in [0.4, 0.5) is 0 Å². The van der Waals surface area contributed by atoms with Gasteiger partial charge in [-0.05, 0) is 83.5 Å². The van der Waals surface area contributed by atoms with E-state index < -0.39 is 97.5 Å². The van der Waals surface area contributed by atoms with E-state index in [1.807, 2.05) is 0 Å². The van der Waals surface area contributed by atoms with Gasteiger partial charge in [0.15, 0.2) is 12.2 Å². The van der Waals surface area contributed by atoms with Gasteiger partial charge in [-0.2, -0.15) is 0 Å². The highest BCUT2D eigenvalue weighted by molar-refractivity contribution is 7.47. The number of phosphoric acid groups is 2. The summed E-state index contributed by atoms with van der Waals surface area (Å²) in [6.07, 6.45) is 69.4. The average molecular weight is 1430 g/mol. The van der Waals surface area contributed by atoms with Gasteiger partial charge in [0.1, 0.15) is 19.3 Å². The maximum atomic E-state index is 13.1. The van der Waals surface area contributed by atoms with Crippen molar-refractivity contribution in [1.29, 1.82) is 0 Å². The molecule has 0 radical (unpaired) electrons. The zero-order valence-corrected chi connectivity index (χ0v) is 64.5. The van der Waals surface area contributed by atoms with Gasteiger partial charge in [0.2, 0.25) is 0 Å². The molecule has 0 heterocycles. The number of carbonyl (C=O) groups excluding carboxylic acids is 4. The second kappa shape index (κ2) is 72.4. The van der Waals surface area contributed by atoms with Crippen molar-refractivity contribution in [2.24, 2.45) is 0 Å². The summed E-state index contributed by atoms with van der Waals surface area (Å²) in [5, 5.41) is 10.6. The second-order valence-electron chi connectivity index (χ2n) is 27.0. The van der Waals surface area contributed by atoms with Gasteiger partial charge >= 0.3 is 39.5 Å². The van der Waals surface area contributed by atoms with Crippen molar-refractivity contribution in [3.63, 3.8) is 0 Å². The molecule has 0 fully saturated rings. The lowest BCUT2D eigenvalue weighted by Gasteiger charge is -2.21. The molecule has 0 aromatic carbocycles. The molecule has 17 nitrogen and oxygen atoms in total. The Morgan fingerprint density at radius 1 is 0.286 bits per heavy atom. The van der Waals surface area contributed by atoms with E-state index in [0.717, 1.165) is 141 Å². The first-order chi connectivity index (χ1) is 47.7. The summed E-state index contributed by atoms with van der Waals surface area (Å²) in [7, 11) is -9.94. The van der Waals surface area contributed by atoms with Gasteiger partial charge in [-0.25, -0.2) is 9.13 Å². The molecule has 0 aromatic heterocycles. The monoisotopic (exact) mass is 1430 g/mol. The molecule has 5 unspecified atom stereocenters. The maximum Gasteiger partial charge on any atom is 0.472 e. The molecule has 0 amide bonds. The average Bonchev–Trinajstić information content (AvgIpc) is 1.07. The summed E-state index contributed by atoms with van der Waals surface area (Å²) in [6.45, 7) is 4.84. The van der Waals surface area contributed by atoms with E-state index in [2.05, 4.69) is 76.3 Å². The topological polar surface area (TPSA) is 237 Å². The predicted molar refractivity (Wildman–Crippen MR) is 400 cm³/mol. The number of hydrogen-bond acceptors (Lipinski definition) is 15. The van der Waals surface area contributed by atoms with Crippen LogP contribution >= 0.6 is 15.6 Å². The van der Waals surface area contributed by atoms with Crippen molar-refractivity contribution in [1.82, 2.24) is 0 Å². The smallest absolute Gasteiger partial charge is 0.462 e. The lowest BCUT2D eigenvalue weighted by Crippen LogP contribution is -2.30. The molecule has 19 heteroatoms. The second-order valence-corrected chi connectivity index (χ2v) is 29.9. The molecule has 0 spiro atoms. The Kier molecular flexibility index (Phi) is 70.2. The Balaban J connectivity index is 5.31. The molecule has 0 aliphatic rings. The van der Waals surface area contributed by atoms with Crippen LogP contribution in [0.1, 0.15) is 374 Å². The minimum Gasteiger partial charge on any atom is -0.462 e. The third kappa shape index (κ3) is 71.4. The quantitative estimate of drug-likeness (QED) is 0.0169. The van der Waals surface area contributed by atoms with Crippen LogP contribution in [0, 0.1) is 0 Å². The fourth-order valence-electron chi connectivity index (χ4n) is 11.2. The lowest BCUT2D eigenvalue weighted by molar-refractivity contribution is -0.161. The summed E-state index contributed by atoms with van der Waals surface area (Å²) < 4.78 is 68.6. The molecular weight excluding hydrogens is 1280 g/mol. The third-order valence-corrected chi connectivity index (χ3v) is 19.2. The van der Waals surface area contributed by atoms with E-state index in [9.17, 15) is 43.2 Å². The number of aliphatic hydroxyl groups excluding tert-OH is 1. The van der Waals surface area contributed by atoms with Gasteiger partial charge in [0.05, 0.1) is 26.4 Å². The Bertz CT molecular complexity index is 2050. The largest absolute Gasteiger partial charge is 0.472 e. The number of aliphatic hydroxyl groups is 1. The molecule has 0 bridgehead atoms. The molecular formula is C79H146O17P2. The van der Waals surface area contributed by atoms with Crippen LogP contribution in [0.25, 0.3) is 0 Å². The van der Waals surface area contributed by atoms with E-state index in [4.69, 9.17) is 37.0 Å². The number of esters is 4. The Hall–Kier alpha value is -2.98. The zero-order valence-electron chi connectivity index (χ0n) is 62.7. The molecule has 0 aromatic rings. The minimum atomic E-state index is -4.97. The number of ether oxygens (including phenoxy) is 4. The van der Waals surface area contributed by atoms with Crippen molar-refractivity contribution in [2.45, 2.75) is 393 Å². The molecule has 3 N–H and O–H groups in total. The van der Waals surface area contributed by atoms with Gasteiger partial charge in [0.25, 0.3) is 0 Å². The molecule has 5 atom stereocenters. The van der Waals surface area contributed by atoms with Crippen LogP contribution in [0.3, 0.4) is 0 Å². The summed E-state index contributed by atoms with van der Waals surface area (Å²) in [5.74, 6) is -2.16. The highest BCUT2D eigenvalue weighted by Gasteiger charge is 2.30. The number of hydrogen-bond donors (Lipinski definition) is 3. The molecule has 0 rings (SSSR count). The van der Waals surface area contributed by atoms with Crippen molar-refractivity contribution in [2.75, 3.05) is 39.6 Å². The SMILES string of the molecule is CCC/C=C\C/C=C\CCCCCCCC(=O)OC(COC(=O)CCCCCCCCCCCCCCCCC)COP(=O)(O)OCC(O)COP(=O)(O)OCC(COC(=O)CCCCCCC/C=C\C/C=C\CCCCC)OC(=O)CCCCCCCCCCCCCCCCC. The van der Waals surface area contributed by atoms with Crippen molar-refractivity contribution in [3.05, 3.63) is 48.6 Å². The van der Waals surface area contributed by atoms with Gasteiger partial charge in [-0.1, -0.05) is 314 Å². The first-order valence-corrected chi connectivity index (χ1v) is 42.9. The van der Waals surface area contributed by atoms with Gasteiger partial charge < -0.3 is 33.8 Å². The van der Waals surface area contributed by atoms with Crippen LogP contribution in [0.5, 0.6) is 0 Å². The highest BCUT2D eigenvalue weighted by atomic mass is 31.2. The number of allylic oxidation sites excluding steroid dienone is 8. The fraction of sp³-hybridized carbons (Fsp3) is 0.848. The van der Waals surface area contributed by atoms with E-state index >= 15 is 0 Å². The van der Waals surface area contributed by atoms with E-state index in [1.165, 1.54) is 154 Å². The molecule has 0 aliphatic carbocycles. The number of unbranched alkanes of at least 4 members (excludes halogenated alkanes) is 42. The summed E-state index contributed by atoms with van der Waals surface area (Å²) in [6, 6.07) is 0. The van der Waals surface area contributed by atoms with E-state index in [-0.39, 0.29) is 25.7 Å². The Labute approximate surface area is 597 Å². The number of phosphoric ester groups is 2. The van der Waals surface area contributed by atoms with Crippen molar-refractivity contribution < 1.29 is 80.2 Å². The predicted octanol–water partition coefficient (Wildman–Crippen LogP) is 22.9. The molecule has 0 aliphatic heterocycles. The maximum absolute atomic E-state index is 13.1. The first kappa shape index (κ1) is 95.0. The molecule has 0 saturated heterocycles. The summed E-state index contributed by atoms with van der Waals surface area (Å²) in [5.41, 5.74) is 0. The van der Waals surface area contributed by atoms with Crippen molar-refractivity contribution >= 4 is 39.5 Å². The number of rotatable bonds is 76. The minimum absolute atomic E-state index is 0.0848. The van der Waals surface area contributed by atoms with E-state index in [1.54, 1.807) is 0 Å². The Morgan fingerprint density at radius 3 is 0.816 bits per heavy atom. The van der Waals surface area contributed by atoms with Crippen LogP contribution < -0.4 is 0 Å².